The quantitative estimate of drug-likeness (QED) is 0.806. The number of hydrogen-bond acceptors (Lipinski definition) is 4. The van der Waals surface area contributed by atoms with E-state index in [2.05, 4.69) is 10.3 Å². The van der Waals surface area contributed by atoms with Crippen LogP contribution in [0.3, 0.4) is 0 Å². The summed E-state index contributed by atoms with van der Waals surface area (Å²) in [5.74, 6) is 0.316. The van der Waals surface area contributed by atoms with E-state index in [1.807, 2.05) is 41.3 Å². The number of carbonyl (C=O) groups excluding carboxylic acids is 3. The predicted octanol–water partition coefficient (Wildman–Crippen LogP) is 3.01. The van der Waals surface area contributed by atoms with Gasteiger partial charge in [0.05, 0.1) is 0 Å². The van der Waals surface area contributed by atoms with Crippen LogP contribution in [0.15, 0.2) is 54.7 Å². The van der Waals surface area contributed by atoms with E-state index in [9.17, 15) is 14.4 Å². The van der Waals surface area contributed by atoms with E-state index >= 15 is 0 Å². The zero-order valence-electron chi connectivity index (χ0n) is 17.6. The summed E-state index contributed by atoms with van der Waals surface area (Å²) in [4.78, 5) is 46.4. The van der Waals surface area contributed by atoms with Gasteiger partial charge in [0.1, 0.15) is 11.9 Å². The van der Waals surface area contributed by atoms with Gasteiger partial charge in [0.2, 0.25) is 17.7 Å². The normalized spacial score (nSPS) is 18.5. The van der Waals surface area contributed by atoms with Crippen molar-refractivity contribution in [2.75, 3.05) is 25.0 Å². The highest BCUT2D eigenvalue weighted by molar-refractivity contribution is 5.92. The Hall–Kier alpha value is -3.22. The van der Waals surface area contributed by atoms with Crippen LogP contribution in [0.1, 0.15) is 43.7 Å². The minimum Gasteiger partial charge on any atom is -0.341 e. The first-order valence-electron chi connectivity index (χ1n) is 11.0. The van der Waals surface area contributed by atoms with Crippen molar-refractivity contribution in [2.24, 2.45) is 5.92 Å². The van der Waals surface area contributed by atoms with E-state index in [-0.39, 0.29) is 23.6 Å². The minimum atomic E-state index is -0.590. The molecule has 2 fully saturated rings. The Balaban J connectivity index is 1.43. The molecular formula is C24H28N4O3. The molecule has 0 aliphatic carbocycles. The summed E-state index contributed by atoms with van der Waals surface area (Å²) < 4.78 is 0. The lowest BCUT2D eigenvalue weighted by molar-refractivity contribution is -0.149. The highest BCUT2D eigenvalue weighted by Crippen LogP contribution is 2.29. The maximum atomic E-state index is 13.5. The molecule has 0 spiro atoms. The van der Waals surface area contributed by atoms with Gasteiger partial charge in [-0.2, -0.15) is 0 Å². The summed E-state index contributed by atoms with van der Waals surface area (Å²) >= 11 is 0. The molecule has 31 heavy (non-hydrogen) atoms. The smallest absolute Gasteiger partial charge is 0.250 e. The van der Waals surface area contributed by atoms with Crippen LogP contribution in [0.25, 0.3) is 0 Å². The van der Waals surface area contributed by atoms with Gasteiger partial charge < -0.3 is 15.1 Å². The maximum Gasteiger partial charge on any atom is 0.250 e. The number of carbonyl (C=O) groups is 3. The SMILES string of the molecule is O=C(Nc1ccccn1)C1CCN(C(=O)C(c2ccccc2)N2CCCCC2=O)CC1. The maximum absolute atomic E-state index is 13.5. The molecule has 7 heteroatoms. The standard InChI is InChI=1S/C24H28N4O3/c29-21-11-5-7-15-28(21)22(18-8-2-1-3-9-18)24(31)27-16-12-19(13-17-27)23(30)26-20-10-4-6-14-25-20/h1-4,6,8-10,14,19,22H,5,7,11-13,15-17H2,(H,25,26,30). The number of anilines is 1. The van der Waals surface area contributed by atoms with Crippen molar-refractivity contribution in [1.29, 1.82) is 0 Å². The molecule has 1 unspecified atom stereocenters. The van der Waals surface area contributed by atoms with Gasteiger partial charge in [-0.05, 0) is 43.4 Å². The third kappa shape index (κ3) is 4.93. The lowest BCUT2D eigenvalue weighted by atomic mass is 9.94. The fourth-order valence-electron chi connectivity index (χ4n) is 4.39. The lowest BCUT2D eigenvalue weighted by Gasteiger charge is -2.39. The van der Waals surface area contributed by atoms with E-state index in [1.165, 1.54) is 0 Å². The van der Waals surface area contributed by atoms with Crippen molar-refractivity contribution in [2.45, 2.75) is 38.1 Å². The van der Waals surface area contributed by atoms with Gasteiger partial charge in [0, 0.05) is 38.2 Å². The van der Waals surface area contributed by atoms with Crippen LogP contribution < -0.4 is 5.32 Å². The molecule has 0 saturated carbocycles. The second-order valence-corrected chi connectivity index (χ2v) is 8.16. The van der Waals surface area contributed by atoms with Gasteiger partial charge >= 0.3 is 0 Å². The van der Waals surface area contributed by atoms with E-state index < -0.39 is 6.04 Å². The number of benzene rings is 1. The number of pyridine rings is 1. The summed E-state index contributed by atoms with van der Waals surface area (Å²) in [5, 5.41) is 2.86. The number of aromatic nitrogens is 1. The Kier molecular flexibility index (Phi) is 6.60. The molecule has 1 N–H and O–H groups in total. The van der Waals surface area contributed by atoms with Crippen molar-refractivity contribution in [1.82, 2.24) is 14.8 Å². The van der Waals surface area contributed by atoms with Gasteiger partial charge in [-0.25, -0.2) is 4.98 Å². The Morgan fingerprint density at radius 3 is 2.39 bits per heavy atom. The van der Waals surface area contributed by atoms with Crippen LogP contribution in [-0.4, -0.2) is 52.1 Å². The van der Waals surface area contributed by atoms with Crippen LogP contribution in [0.4, 0.5) is 5.82 Å². The average molecular weight is 421 g/mol. The Morgan fingerprint density at radius 2 is 1.71 bits per heavy atom. The third-order valence-corrected chi connectivity index (χ3v) is 6.11. The molecule has 1 aromatic carbocycles. The highest BCUT2D eigenvalue weighted by atomic mass is 16.2. The third-order valence-electron chi connectivity index (χ3n) is 6.11. The molecule has 2 aliphatic rings. The molecular weight excluding hydrogens is 392 g/mol. The Bertz CT molecular complexity index is 911. The number of piperidine rings is 2. The molecule has 2 saturated heterocycles. The predicted molar refractivity (Wildman–Crippen MR) is 117 cm³/mol. The summed E-state index contributed by atoms with van der Waals surface area (Å²) in [6.07, 6.45) is 5.12. The van der Waals surface area contributed by atoms with Crippen molar-refractivity contribution >= 4 is 23.5 Å². The Labute approximate surface area is 182 Å². The van der Waals surface area contributed by atoms with Crippen molar-refractivity contribution in [3.05, 3.63) is 60.3 Å². The van der Waals surface area contributed by atoms with E-state index in [0.717, 1.165) is 18.4 Å². The number of amides is 3. The van der Waals surface area contributed by atoms with E-state index in [1.54, 1.807) is 23.2 Å². The van der Waals surface area contributed by atoms with Crippen LogP contribution in [-0.2, 0) is 14.4 Å². The first kappa shape index (κ1) is 21.0. The van der Waals surface area contributed by atoms with Gasteiger partial charge in [0.25, 0.3) is 0 Å². The second-order valence-electron chi connectivity index (χ2n) is 8.16. The molecule has 1 aromatic heterocycles. The average Bonchev–Trinajstić information content (AvgIpc) is 2.82. The summed E-state index contributed by atoms with van der Waals surface area (Å²) in [6.45, 7) is 1.61. The molecule has 3 amide bonds. The van der Waals surface area contributed by atoms with Crippen LogP contribution in [0.2, 0.25) is 0 Å². The van der Waals surface area contributed by atoms with E-state index in [4.69, 9.17) is 0 Å². The largest absolute Gasteiger partial charge is 0.341 e. The molecule has 3 heterocycles. The fraction of sp³-hybridized carbons (Fsp3) is 0.417. The molecule has 2 aliphatic heterocycles. The molecule has 0 bridgehead atoms. The second kappa shape index (κ2) is 9.73. The van der Waals surface area contributed by atoms with Gasteiger partial charge in [0.15, 0.2) is 0 Å². The molecule has 162 valence electrons. The molecule has 1 atom stereocenters. The van der Waals surface area contributed by atoms with Crippen molar-refractivity contribution in [3.63, 3.8) is 0 Å². The minimum absolute atomic E-state index is 0.0399. The molecule has 0 radical (unpaired) electrons. The van der Waals surface area contributed by atoms with Crippen molar-refractivity contribution in [3.8, 4) is 0 Å². The number of rotatable bonds is 5. The summed E-state index contributed by atoms with van der Waals surface area (Å²) in [6, 6.07) is 14.3. The Morgan fingerprint density at radius 1 is 0.968 bits per heavy atom. The zero-order valence-corrected chi connectivity index (χ0v) is 17.6. The van der Waals surface area contributed by atoms with E-state index in [0.29, 0.717) is 44.7 Å². The summed E-state index contributed by atoms with van der Waals surface area (Å²) in [7, 11) is 0. The first-order valence-corrected chi connectivity index (χ1v) is 11.0. The zero-order chi connectivity index (χ0) is 21.6. The number of hydrogen-bond donors (Lipinski definition) is 1. The van der Waals surface area contributed by atoms with Crippen LogP contribution >= 0.6 is 0 Å². The van der Waals surface area contributed by atoms with Gasteiger partial charge in [-0.15, -0.1) is 0 Å². The topological polar surface area (TPSA) is 82.6 Å². The first-order chi connectivity index (χ1) is 15.1. The monoisotopic (exact) mass is 420 g/mol. The highest BCUT2D eigenvalue weighted by Gasteiger charge is 2.37. The fourth-order valence-corrected chi connectivity index (χ4v) is 4.39. The molecule has 4 rings (SSSR count). The van der Waals surface area contributed by atoms with Gasteiger partial charge in [-0.3, -0.25) is 14.4 Å². The lowest BCUT2D eigenvalue weighted by Crippen LogP contribution is -2.49. The number of nitrogens with one attached hydrogen (secondary N) is 1. The van der Waals surface area contributed by atoms with Gasteiger partial charge in [-0.1, -0.05) is 36.4 Å². The molecule has 7 nitrogen and oxygen atoms in total. The van der Waals surface area contributed by atoms with Crippen molar-refractivity contribution < 1.29 is 14.4 Å². The van der Waals surface area contributed by atoms with Crippen LogP contribution in [0.5, 0.6) is 0 Å². The van der Waals surface area contributed by atoms with Crippen LogP contribution in [0, 0.1) is 5.92 Å². The number of likely N-dealkylation sites (tertiary alicyclic amines) is 2. The number of nitrogens with zero attached hydrogens (tertiary/aromatic N) is 3. The molecule has 2 aromatic rings. The summed E-state index contributed by atoms with van der Waals surface area (Å²) in [5.41, 5.74) is 0.845.